The number of aliphatic hydroxyl groups excluding tert-OH is 1. The number of ether oxygens (including phenoxy) is 2. The third-order valence-electron chi connectivity index (χ3n) is 2.07. The second kappa shape index (κ2) is 7.19. The minimum atomic E-state index is -0.442. The summed E-state index contributed by atoms with van der Waals surface area (Å²) in [5, 5.41) is 8.80. The van der Waals surface area contributed by atoms with E-state index in [0.29, 0.717) is 25.4 Å². The lowest BCUT2D eigenvalue weighted by atomic mass is 10.2. The van der Waals surface area contributed by atoms with Gasteiger partial charge in [0.05, 0.1) is 13.2 Å². The molecular formula is C12H17FO3. The topological polar surface area (TPSA) is 38.7 Å². The summed E-state index contributed by atoms with van der Waals surface area (Å²) in [7, 11) is 0. The lowest BCUT2D eigenvalue weighted by molar-refractivity contribution is 0.130. The van der Waals surface area contributed by atoms with Crippen molar-refractivity contribution in [2.24, 2.45) is 0 Å². The molecule has 0 fully saturated rings. The van der Waals surface area contributed by atoms with Gasteiger partial charge in [-0.25, -0.2) is 4.39 Å². The molecule has 0 saturated carbocycles. The molecule has 0 atom stereocenters. The normalized spacial score (nSPS) is 10.4. The van der Waals surface area contributed by atoms with Crippen LogP contribution in [-0.4, -0.2) is 24.9 Å². The standard InChI is InChI=1S/C12H17FO3/c1-2-15-6-3-7-16-12-5-4-10(9-14)8-11(12)13/h4-5,8,14H,2-3,6-7,9H2,1H3. The fourth-order valence-electron chi connectivity index (χ4n) is 1.25. The third-order valence-corrected chi connectivity index (χ3v) is 2.07. The summed E-state index contributed by atoms with van der Waals surface area (Å²) in [6, 6.07) is 4.44. The van der Waals surface area contributed by atoms with Crippen LogP contribution in [0.3, 0.4) is 0 Å². The van der Waals surface area contributed by atoms with Crippen molar-refractivity contribution in [3.63, 3.8) is 0 Å². The molecule has 0 unspecified atom stereocenters. The van der Waals surface area contributed by atoms with Crippen LogP contribution in [0.5, 0.6) is 5.75 Å². The van der Waals surface area contributed by atoms with Crippen LogP contribution in [0.15, 0.2) is 18.2 Å². The van der Waals surface area contributed by atoms with Crippen molar-refractivity contribution >= 4 is 0 Å². The SMILES string of the molecule is CCOCCCOc1ccc(CO)cc1F. The first-order chi connectivity index (χ1) is 7.77. The van der Waals surface area contributed by atoms with Crippen LogP contribution in [-0.2, 0) is 11.3 Å². The third kappa shape index (κ3) is 4.16. The molecule has 0 spiro atoms. The van der Waals surface area contributed by atoms with Gasteiger partial charge in [-0.15, -0.1) is 0 Å². The monoisotopic (exact) mass is 228 g/mol. The zero-order chi connectivity index (χ0) is 11.8. The summed E-state index contributed by atoms with van der Waals surface area (Å²) in [4.78, 5) is 0. The van der Waals surface area contributed by atoms with Crippen molar-refractivity contribution in [1.29, 1.82) is 0 Å². The van der Waals surface area contributed by atoms with E-state index in [1.807, 2.05) is 6.92 Å². The van der Waals surface area contributed by atoms with E-state index in [4.69, 9.17) is 14.6 Å². The Bertz CT molecular complexity index is 315. The zero-order valence-corrected chi connectivity index (χ0v) is 9.41. The first kappa shape index (κ1) is 12.9. The van der Waals surface area contributed by atoms with E-state index in [-0.39, 0.29) is 12.4 Å². The summed E-state index contributed by atoms with van der Waals surface area (Å²) in [5.74, 6) is -0.225. The summed E-state index contributed by atoms with van der Waals surface area (Å²) in [6.07, 6.45) is 0.731. The van der Waals surface area contributed by atoms with E-state index in [0.717, 1.165) is 6.42 Å². The molecule has 90 valence electrons. The van der Waals surface area contributed by atoms with E-state index in [1.54, 1.807) is 6.07 Å². The van der Waals surface area contributed by atoms with Gasteiger partial charge in [0.25, 0.3) is 0 Å². The van der Waals surface area contributed by atoms with Crippen LogP contribution < -0.4 is 4.74 Å². The van der Waals surface area contributed by atoms with Gasteiger partial charge in [0, 0.05) is 19.6 Å². The molecule has 1 aromatic carbocycles. The number of aliphatic hydroxyl groups is 1. The quantitative estimate of drug-likeness (QED) is 0.726. The van der Waals surface area contributed by atoms with Gasteiger partial charge in [-0.2, -0.15) is 0 Å². The molecule has 1 rings (SSSR count). The van der Waals surface area contributed by atoms with Crippen LogP contribution in [0.4, 0.5) is 4.39 Å². The van der Waals surface area contributed by atoms with E-state index in [1.165, 1.54) is 12.1 Å². The molecule has 1 N–H and O–H groups in total. The van der Waals surface area contributed by atoms with Crippen LogP contribution >= 0.6 is 0 Å². The van der Waals surface area contributed by atoms with Gasteiger partial charge < -0.3 is 14.6 Å². The van der Waals surface area contributed by atoms with Crippen LogP contribution in [0.2, 0.25) is 0 Å². The Hall–Kier alpha value is -1.13. The molecule has 0 bridgehead atoms. The molecule has 0 saturated heterocycles. The Morgan fingerprint density at radius 2 is 2.12 bits per heavy atom. The molecule has 0 aliphatic carbocycles. The predicted octanol–water partition coefficient (Wildman–Crippen LogP) is 2.12. The fraction of sp³-hybridized carbons (Fsp3) is 0.500. The molecule has 0 aliphatic rings. The Morgan fingerprint density at radius 1 is 1.31 bits per heavy atom. The van der Waals surface area contributed by atoms with Crippen molar-refractivity contribution < 1.29 is 19.0 Å². The van der Waals surface area contributed by atoms with Gasteiger partial charge in [0.1, 0.15) is 0 Å². The van der Waals surface area contributed by atoms with Gasteiger partial charge in [-0.05, 0) is 24.6 Å². The first-order valence-electron chi connectivity index (χ1n) is 5.37. The van der Waals surface area contributed by atoms with Crippen LogP contribution in [0, 0.1) is 5.82 Å². The molecule has 0 amide bonds. The number of hydrogen-bond donors (Lipinski definition) is 1. The Labute approximate surface area is 94.8 Å². The number of rotatable bonds is 7. The molecule has 3 nitrogen and oxygen atoms in total. The van der Waals surface area contributed by atoms with E-state index >= 15 is 0 Å². The molecule has 1 aromatic rings. The molecule has 16 heavy (non-hydrogen) atoms. The maximum Gasteiger partial charge on any atom is 0.165 e. The smallest absolute Gasteiger partial charge is 0.165 e. The minimum absolute atomic E-state index is 0.165. The first-order valence-corrected chi connectivity index (χ1v) is 5.37. The van der Waals surface area contributed by atoms with Crippen molar-refractivity contribution in [3.05, 3.63) is 29.6 Å². The summed E-state index contributed by atoms with van der Waals surface area (Å²) in [5.41, 5.74) is 0.541. The Balaban J connectivity index is 2.36. The zero-order valence-electron chi connectivity index (χ0n) is 9.41. The summed E-state index contributed by atoms with van der Waals surface area (Å²) in [6.45, 7) is 3.48. The maximum absolute atomic E-state index is 13.3. The summed E-state index contributed by atoms with van der Waals surface area (Å²) >= 11 is 0. The number of halogens is 1. The largest absolute Gasteiger partial charge is 0.490 e. The average molecular weight is 228 g/mol. The predicted molar refractivity (Wildman–Crippen MR) is 58.9 cm³/mol. The maximum atomic E-state index is 13.3. The Kier molecular flexibility index (Phi) is 5.82. The van der Waals surface area contributed by atoms with Gasteiger partial charge in [0.15, 0.2) is 11.6 Å². The average Bonchev–Trinajstić information content (AvgIpc) is 2.30. The van der Waals surface area contributed by atoms with E-state index < -0.39 is 5.82 Å². The molecule has 0 heterocycles. The van der Waals surface area contributed by atoms with Gasteiger partial charge in [-0.3, -0.25) is 0 Å². The van der Waals surface area contributed by atoms with Crippen LogP contribution in [0.1, 0.15) is 18.9 Å². The van der Waals surface area contributed by atoms with Gasteiger partial charge >= 0.3 is 0 Å². The van der Waals surface area contributed by atoms with Gasteiger partial charge in [0.2, 0.25) is 0 Å². The van der Waals surface area contributed by atoms with E-state index in [9.17, 15) is 4.39 Å². The highest BCUT2D eigenvalue weighted by atomic mass is 19.1. The highest BCUT2D eigenvalue weighted by Crippen LogP contribution is 2.18. The van der Waals surface area contributed by atoms with Crippen molar-refractivity contribution in [3.8, 4) is 5.75 Å². The Morgan fingerprint density at radius 3 is 2.75 bits per heavy atom. The highest BCUT2D eigenvalue weighted by molar-refractivity contribution is 5.28. The second-order valence-corrected chi connectivity index (χ2v) is 3.32. The fourth-order valence-corrected chi connectivity index (χ4v) is 1.25. The summed E-state index contributed by atoms with van der Waals surface area (Å²) < 4.78 is 23.7. The van der Waals surface area contributed by atoms with Gasteiger partial charge in [-0.1, -0.05) is 6.07 Å². The second-order valence-electron chi connectivity index (χ2n) is 3.32. The molecule has 0 aliphatic heterocycles. The number of hydrogen-bond acceptors (Lipinski definition) is 3. The highest BCUT2D eigenvalue weighted by Gasteiger charge is 2.03. The van der Waals surface area contributed by atoms with Crippen molar-refractivity contribution in [2.45, 2.75) is 20.0 Å². The van der Waals surface area contributed by atoms with Crippen molar-refractivity contribution in [2.75, 3.05) is 19.8 Å². The van der Waals surface area contributed by atoms with Crippen molar-refractivity contribution in [1.82, 2.24) is 0 Å². The molecule has 4 heteroatoms. The minimum Gasteiger partial charge on any atom is -0.490 e. The van der Waals surface area contributed by atoms with Crippen LogP contribution in [0.25, 0.3) is 0 Å². The lowest BCUT2D eigenvalue weighted by Gasteiger charge is -2.08. The molecule has 0 radical (unpaired) electrons. The van der Waals surface area contributed by atoms with E-state index in [2.05, 4.69) is 0 Å². The molecule has 0 aromatic heterocycles. The lowest BCUT2D eigenvalue weighted by Crippen LogP contribution is -2.04. The number of benzene rings is 1. The molecular weight excluding hydrogens is 211 g/mol.